The lowest BCUT2D eigenvalue weighted by atomic mass is 10.1. The summed E-state index contributed by atoms with van der Waals surface area (Å²) >= 11 is 10.5. The maximum Gasteiger partial charge on any atom is 0.250 e. The summed E-state index contributed by atoms with van der Waals surface area (Å²) in [6, 6.07) is 6.27. The van der Waals surface area contributed by atoms with E-state index in [-0.39, 0.29) is 28.6 Å². The molecule has 0 radical (unpaired) electrons. The summed E-state index contributed by atoms with van der Waals surface area (Å²) < 4.78 is 29.5. The van der Waals surface area contributed by atoms with Gasteiger partial charge in [0.15, 0.2) is 0 Å². The smallest absolute Gasteiger partial charge is 0.250 e. The Balaban J connectivity index is 1.20. The predicted octanol–water partition coefficient (Wildman–Crippen LogP) is 3.40. The van der Waals surface area contributed by atoms with E-state index in [1.54, 1.807) is 18.2 Å². The molecule has 2 amide bonds. The molecule has 36 heavy (non-hydrogen) atoms. The van der Waals surface area contributed by atoms with Gasteiger partial charge in [-0.3, -0.25) is 14.5 Å². The number of rotatable bonds is 8. The first kappa shape index (κ1) is 26.5. The molecule has 0 bridgehead atoms. The van der Waals surface area contributed by atoms with E-state index >= 15 is 0 Å². The van der Waals surface area contributed by atoms with Gasteiger partial charge in [0.2, 0.25) is 11.8 Å². The third-order valence-corrected chi connectivity index (χ3v) is 12.3. The molecule has 5 rings (SSSR count). The number of halogens is 1. The van der Waals surface area contributed by atoms with Gasteiger partial charge in [0.25, 0.3) is 10.0 Å². The van der Waals surface area contributed by atoms with Crippen molar-refractivity contribution in [2.45, 2.75) is 42.0 Å². The number of sulfonamides is 1. The lowest BCUT2D eigenvalue weighted by Crippen LogP contribution is -2.55. The molecule has 5 heterocycles. The van der Waals surface area contributed by atoms with E-state index < -0.39 is 16.1 Å². The molecule has 13 heteroatoms. The molecule has 2 aromatic heterocycles. The van der Waals surface area contributed by atoms with Crippen molar-refractivity contribution in [3.63, 3.8) is 0 Å². The van der Waals surface area contributed by atoms with Crippen molar-refractivity contribution in [2.75, 3.05) is 44.4 Å². The molecule has 2 aromatic rings. The summed E-state index contributed by atoms with van der Waals surface area (Å²) in [6.07, 6.45) is 3.03. The molecule has 0 saturated carbocycles. The third kappa shape index (κ3) is 5.95. The summed E-state index contributed by atoms with van der Waals surface area (Å²) in [6.45, 7) is 3.13. The van der Waals surface area contributed by atoms with Crippen LogP contribution in [0.4, 0.5) is 0 Å². The fourth-order valence-electron chi connectivity index (χ4n) is 5.00. The van der Waals surface area contributed by atoms with Crippen molar-refractivity contribution >= 4 is 67.9 Å². The van der Waals surface area contributed by atoms with Crippen LogP contribution in [0.3, 0.4) is 0 Å². The summed E-state index contributed by atoms with van der Waals surface area (Å²) in [7, 11) is -3.87. The first-order valence-corrected chi connectivity index (χ1v) is 16.7. The van der Waals surface area contributed by atoms with Crippen LogP contribution < -0.4 is 4.72 Å². The van der Waals surface area contributed by atoms with Crippen LogP contribution in [0.2, 0.25) is 4.34 Å². The average Bonchev–Trinajstić information content (AvgIpc) is 3.64. The molecule has 3 aliphatic rings. The molecule has 3 fully saturated rings. The number of nitrogens with one attached hydrogen (secondary N) is 1. The fraction of sp³-hybridized carbons (Fsp3) is 0.565. The van der Waals surface area contributed by atoms with E-state index in [1.165, 1.54) is 16.2 Å². The SMILES string of the molecule is O=C1C(NS(=O)(=O)c2ccc(-c3ccc(Cl)s3)s2)CCCN1CC(=O)N1CCCC1CN1CCSC1. The normalized spacial score (nSPS) is 23.6. The minimum absolute atomic E-state index is 0.00456. The second kappa shape index (κ2) is 11.3. The zero-order valence-corrected chi connectivity index (χ0v) is 23.7. The maximum absolute atomic E-state index is 13.2. The van der Waals surface area contributed by atoms with Gasteiger partial charge in [-0.25, -0.2) is 8.42 Å². The number of amides is 2. The number of likely N-dealkylation sites (tertiary alicyclic amines) is 2. The zero-order valence-electron chi connectivity index (χ0n) is 19.7. The van der Waals surface area contributed by atoms with Crippen molar-refractivity contribution in [1.29, 1.82) is 0 Å². The van der Waals surface area contributed by atoms with Gasteiger partial charge >= 0.3 is 0 Å². The van der Waals surface area contributed by atoms with Crippen LogP contribution >= 0.6 is 46.0 Å². The van der Waals surface area contributed by atoms with Gasteiger partial charge in [-0.05, 0) is 49.9 Å². The van der Waals surface area contributed by atoms with Crippen molar-refractivity contribution in [3.8, 4) is 9.75 Å². The maximum atomic E-state index is 13.2. The van der Waals surface area contributed by atoms with E-state index in [4.69, 9.17) is 11.6 Å². The van der Waals surface area contributed by atoms with Crippen LogP contribution in [0, 0.1) is 0 Å². The quantitative estimate of drug-likeness (QED) is 0.508. The number of carbonyl (C=O) groups is 2. The Hall–Kier alpha value is -1.15. The van der Waals surface area contributed by atoms with Crippen LogP contribution in [0.1, 0.15) is 25.7 Å². The Morgan fingerprint density at radius 3 is 2.58 bits per heavy atom. The van der Waals surface area contributed by atoms with Crippen molar-refractivity contribution in [2.24, 2.45) is 0 Å². The number of thioether (sulfide) groups is 1. The van der Waals surface area contributed by atoms with E-state index in [1.807, 2.05) is 22.7 Å². The van der Waals surface area contributed by atoms with Gasteiger partial charge in [0, 0.05) is 53.6 Å². The molecular formula is C23H29ClN4O4S4. The largest absolute Gasteiger partial charge is 0.337 e. The van der Waals surface area contributed by atoms with Gasteiger partial charge in [0.05, 0.1) is 10.9 Å². The van der Waals surface area contributed by atoms with Gasteiger partial charge in [-0.2, -0.15) is 4.72 Å². The molecule has 3 saturated heterocycles. The topological polar surface area (TPSA) is 90.0 Å². The highest BCUT2D eigenvalue weighted by Crippen LogP contribution is 2.37. The standard InChI is InChI=1S/C23H29ClN4O4S4/c24-20-7-5-18(34-20)19-6-8-22(35-19)36(31,32)25-17-4-2-9-27(23(17)30)14-21(29)28-10-1-3-16(28)13-26-11-12-33-15-26/h5-8,16-17,25H,1-4,9-15H2. The summed E-state index contributed by atoms with van der Waals surface area (Å²) in [5.74, 6) is 1.78. The Morgan fingerprint density at radius 2 is 1.83 bits per heavy atom. The molecule has 0 spiro atoms. The fourth-order valence-corrected chi connectivity index (χ4v) is 9.69. The van der Waals surface area contributed by atoms with Crippen LogP contribution in [0.25, 0.3) is 9.75 Å². The molecule has 0 aromatic carbocycles. The van der Waals surface area contributed by atoms with Crippen LogP contribution in [0.15, 0.2) is 28.5 Å². The number of thiophene rings is 2. The minimum Gasteiger partial charge on any atom is -0.337 e. The minimum atomic E-state index is -3.87. The summed E-state index contributed by atoms with van der Waals surface area (Å²) in [4.78, 5) is 33.9. The molecular weight excluding hydrogens is 560 g/mol. The highest BCUT2D eigenvalue weighted by Gasteiger charge is 2.36. The van der Waals surface area contributed by atoms with E-state index in [0.29, 0.717) is 23.7 Å². The lowest BCUT2D eigenvalue weighted by Gasteiger charge is -2.34. The number of nitrogens with zero attached hydrogens (tertiary/aromatic N) is 3. The van der Waals surface area contributed by atoms with Crippen LogP contribution in [-0.4, -0.2) is 91.4 Å². The van der Waals surface area contributed by atoms with Crippen molar-refractivity contribution < 1.29 is 18.0 Å². The number of hydrogen-bond acceptors (Lipinski definition) is 8. The first-order chi connectivity index (χ1) is 17.3. The first-order valence-electron chi connectivity index (χ1n) is 12.1. The zero-order chi connectivity index (χ0) is 25.3. The second-order valence-electron chi connectivity index (χ2n) is 9.30. The average molecular weight is 589 g/mol. The Labute approximate surface area is 229 Å². The van der Waals surface area contributed by atoms with Crippen molar-refractivity contribution in [1.82, 2.24) is 19.4 Å². The third-order valence-electron chi connectivity index (χ3n) is 6.81. The van der Waals surface area contributed by atoms with Gasteiger partial charge in [-0.1, -0.05) is 11.6 Å². The van der Waals surface area contributed by atoms with E-state index in [2.05, 4.69) is 9.62 Å². The molecule has 2 unspecified atom stereocenters. The highest BCUT2D eigenvalue weighted by atomic mass is 35.5. The van der Waals surface area contributed by atoms with Gasteiger partial charge in [0.1, 0.15) is 10.3 Å². The summed E-state index contributed by atoms with van der Waals surface area (Å²) in [5, 5.41) is 0. The summed E-state index contributed by atoms with van der Waals surface area (Å²) in [5.41, 5.74) is 0. The number of hydrogen-bond donors (Lipinski definition) is 1. The van der Waals surface area contributed by atoms with Crippen LogP contribution in [-0.2, 0) is 19.6 Å². The predicted molar refractivity (Wildman–Crippen MR) is 146 cm³/mol. The molecule has 1 N–H and O–H groups in total. The molecule has 0 aliphatic carbocycles. The number of carbonyl (C=O) groups excluding carboxylic acids is 2. The Morgan fingerprint density at radius 1 is 1.06 bits per heavy atom. The molecule has 196 valence electrons. The van der Waals surface area contributed by atoms with Crippen LogP contribution in [0.5, 0.6) is 0 Å². The second-order valence-corrected chi connectivity index (χ2v) is 15.1. The Kier molecular flexibility index (Phi) is 8.31. The van der Waals surface area contributed by atoms with Crippen molar-refractivity contribution in [3.05, 3.63) is 28.6 Å². The van der Waals surface area contributed by atoms with Gasteiger partial charge < -0.3 is 9.80 Å². The molecule has 3 aliphatic heterocycles. The Bertz CT molecular complexity index is 1210. The lowest BCUT2D eigenvalue weighted by molar-refractivity contribution is -0.143. The highest BCUT2D eigenvalue weighted by molar-refractivity contribution is 7.99. The monoisotopic (exact) mass is 588 g/mol. The van der Waals surface area contributed by atoms with E-state index in [9.17, 15) is 18.0 Å². The number of piperidine rings is 1. The van der Waals surface area contributed by atoms with Gasteiger partial charge in [-0.15, -0.1) is 34.4 Å². The molecule has 2 atom stereocenters. The van der Waals surface area contributed by atoms with E-state index in [0.717, 1.165) is 65.2 Å². The molecule has 8 nitrogen and oxygen atoms in total.